The highest BCUT2D eigenvalue weighted by atomic mass is 35.5. The van der Waals surface area contributed by atoms with Crippen LogP contribution in [0.4, 0.5) is 5.69 Å². The molecule has 4 rings (SSSR count). The molecular weight excluding hydrogens is 480 g/mol. The van der Waals surface area contributed by atoms with Crippen molar-refractivity contribution in [2.75, 3.05) is 10.1 Å². The highest BCUT2D eigenvalue weighted by molar-refractivity contribution is 7.92. The summed E-state index contributed by atoms with van der Waals surface area (Å²) in [5, 5.41) is 18.4. The number of anilines is 1. The number of amides is 1. The van der Waals surface area contributed by atoms with Gasteiger partial charge in [0.25, 0.3) is 10.0 Å². The Morgan fingerprint density at radius 1 is 1.03 bits per heavy atom. The molecule has 3 N–H and O–H groups in total. The molecule has 1 amide bonds. The Hall–Kier alpha value is -3.54. The van der Waals surface area contributed by atoms with Crippen molar-refractivity contribution in [2.45, 2.75) is 31.3 Å². The summed E-state index contributed by atoms with van der Waals surface area (Å²) in [6.07, 6.45) is 1.51. The van der Waals surface area contributed by atoms with Gasteiger partial charge in [-0.3, -0.25) is 9.52 Å². The summed E-state index contributed by atoms with van der Waals surface area (Å²) in [7, 11) is -3.96. The zero-order valence-electron chi connectivity index (χ0n) is 18.4. The Morgan fingerprint density at radius 3 is 2.35 bits per heavy atom. The predicted molar refractivity (Wildman–Crippen MR) is 128 cm³/mol. The van der Waals surface area contributed by atoms with Crippen LogP contribution in [0.25, 0.3) is 22.2 Å². The van der Waals surface area contributed by atoms with Gasteiger partial charge >= 0.3 is 0 Å². The topological polar surface area (TPSA) is 139 Å². The molecule has 0 bridgehead atoms. The van der Waals surface area contributed by atoms with Gasteiger partial charge < -0.3 is 5.11 Å². The lowest BCUT2D eigenvalue weighted by molar-refractivity contribution is -0.115. The number of aliphatic hydroxyl groups is 1. The number of halogens is 1. The third kappa shape index (κ3) is 5.01. The Kier molecular flexibility index (Phi) is 6.02. The minimum absolute atomic E-state index is 0.0120. The summed E-state index contributed by atoms with van der Waals surface area (Å²) in [6.45, 7) is 4.58. The number of hydrogen-bond donors (Lipinski definition) is 3. The molecule has 0 radical (unpaired) electrons. The fourth-order valence-electron chi connectivity index (χ4n) is 3.21. The number of aromatic nitrogens is 4. The monoisotopic (exact) mass is 500 g/mol. The van der Waals surface area contributed by atoms with Crippen LogP contribution < -0.4 is 10.1 Å². The maximum Gasteiger partial charge on any atom is 0.261 e. The Balaban J connectivity index is 1.64. The van der Waals surface area contributed by atoms with Crippen LogP contribution >= 0.6 is 11.6 Å². The van der Waals surface area contributed by atoms with Crippen molar-refractivity contribution in [2.24, 2.45) is 0 Å². The molecule has 2 heterocycles. The van der Waals surface area contributed by atoms with Crippen LogP contribution in [0.15, 0.2) is 59.6 Å². The number of rotatable bonds is 6. The molecule has 0 unspecified atom stereocenters. The van der Waals surface area contributed by atoms with E-state index in [0.29, 0.717) is 27.7 Å². The van der Waals surface area contributed by atoms with Crippen LogP contribution in [0.1, 0.15) is 26.3 Å². The first-order valence-electron chi connectivity index (χ1n) is 10.1. The first-order chi connectivity index (χ1) is 15.9. The Labute approximate surface area is 200 Å². The van der Waals surface area contributed by atoms with Crippen molar-refractivity contribution in [3.05, 3.63) is 65.4 Å². The normalized spacial score (nSPS) is 12.0. The smallest absolute Gasteiger partial charge is 0.261 e. The number of sulfonamides is 1. The lowest BCUT2D eigenvalue weighted by atomic mass is 9.99. The largest absolute Gasteiger partial charge is 0.386 e. The molecule has 2 aromatic carbocycles. The molecule has 0 fully saturated rings. The maximum atomic E-state index is 12.9. The van der Waals surface area contributed by atoms with E-state index < -0.39 is 15.6 Å². The molecule has 0 aliphatic carbocycles. The first-order valence-corrected chi connectivity index (χ1v) is 11.9. The quantitative estimate of drug-likeness (QED) is 0.345. The number of nitrogens with zero attached hydrogens (tertiary/aromatic N) is 4. The summed E-state index contributed by atoms with van der Waals surface area (Å²) in [4.78, 5) is 16.4. The van der Waals surface area contributed by atoms with Gasteiger partial charge in [-0.1, -0.05) is 34.7 Å². The number of nitrogens with one attached hydrogen (secondary N) is 2. The summed E-state index contributed by atoms with van der Waals surface area (Å²) in [5.74, 6) is -0.311. The zero-order chi connectivity index (χ0) is 24.7. The van der Waals surface area contributed by atoms with Gasteiger partial charge in [0.15, 0.2) is 5.15 Å². The lowest BCUT2D eigenvalue weighted by Crippen LogP contribution is -2.22. The van der Waals surface area contributed by atoms with E-state index in [0.717, 1.165) is 4.91 Å². The highest BCUT2D eigenvalue weighted by Gasteiger charge is 2.20. The van der Waals surface area contributed by atoms with E-state index in [2.05, 4.69) is 25.3 Å². The van der Waals surface area contributed by atoms with E-state index in [1.54, 1.807) is 50.2 Å². The van der Waals surface area contributed by atoms with E-state index in [1.807, 2.05) is 0 Å². The molecule has 2 aromatic heterocycles. The second kappa shape index (κ2) is 8.67. The van der Waals surface area contributed by atoms with Crippen molar-refractivity contribution in [1.82, 2.24) is 20.1 Å². The third-order valence-corrected chi connectivity index (χ3v) is 6.61. The number of carbonyl (C=O) groups excluding carboxylic acids is 1. The van der Waals surface area contributed by atoms with Crippen molar-refractivity contribution in [1.29, 1.82) is 0 Å². The molecule has 10 nitrogen and oxygen atoms in total. The number of benzene rings is 2. The zero-order valence-corrected chi connectivity index (χ0v) is 20.0. The first kappa shape index (κ1) is 23.6. The summed E-state index contributed by atoms with van der Waals surface area (Å²) in [6, 6.07) is 12.7. The number of fused-ring (bicyclic) bond motifs is 1. The summed E-state index contributed by atoms with van der Waals surface area (Å²) in [5.41, 5.74) is 4.43. The summed E-state index contributed by atoms with van der Waals surface area (Å²) < 4.78 is 28.3. The standard InChI is InChI=1S/C22H21ClN6O4S/c1-13(30)25-29-26-18-9-4-14(10-19(18)27-29)15-11-20(21(23)24-12-15)28-34(32,33)17-7-5-16(6-8-17)22(2,3)31/h4-12,28,31H,1-3H3,(H,25,30). The molecule has 0 saturated carbocycles. The van der Waals surface area contributed by atoms with Crippen LogP contribution in [0.2, 0.25) is 5.15 Å². The van der Waals surface area contributed by atoms with E-state index >= 15 is 0 Å². The number of pyridine rings is 1. The SMILES string of the molecule is CC(=O)Nn1nc2ccc(-c3cnc(Cl)c(NS(=O)(=O)c4ccc(C(C)(C)O)cc4)c3)cc2n1. The van der Waals surface area contributed by atoms with E-state index in [1.165, 1.54) is 25.3 Å². The molecule has 0 aliphatic heterocycles. The minimum Gasteiger partial charge on any atom is -0.386 e. The van der Waals surface area contributed by atoms with Gasteiger partial charge in [-0.25, -0.2) is 18.8 Å². The van der Waals surface area contributed by atoms with Crippen LogP contribution in [-0.2, 0) is 20.4 Å². The Bertz CT molecular complexity index is 1490. The fourth-order valence-corrected chi connectivity index (χ4v) is 4.47. The molecule has 0 spiro atoms. The van der Waals surface area contributed by atoms with E-state index in [-0.39, 0.29) is 21.6 Å². The van der Waals surface area contributed by atoms with Crippen LogP contribution in [-0.4, -0.2) is 39.5 Å². The molecule has 0 atom stereocenters. The summed E-state index contributed by atoms with van der Waals surface area (Å²) >= 11 is 6.17. The predicted octanol–water partition coefficient (Wildman–Crippen LogP) is 3.26. The maximum absolute atomic E-state index is 12.9. The molecular formula is C22H21ClN6O4S. The molecule has 0 saturated heterocycles. The van der Waals surface area contributed by atoms with Gasteiger partial charge in [-0.05, 0) is 55.3 Å². The van der Waals surface area contributed by atoms with Crippen molar-refractivity contribution >= 4 is 44.3 Å². The lowest BCUT2D eigenvalue weighted by Gasteiger charge is -2.18. The molecule has 0 aliphatic rings. The molecule has 176 valence electrons. The second-order valence-electron chi connectivity index (χ2n) is 8.11. The molecule has 4 aromatic rings. The van der Waals surface area contributed by atoms with E-state index in [4.69, 9.17) is 11.6 Å². The number of carbonyl (C=O) groups is 1. The van der Waals surface area contributed by atoms with Crippen molar-refractivity contribution < 1.29 is 18.3 Å². The average molecular weight is 501 g/mol. The van der Waals surface area contributed by atoms with Gasteiger partial charge in [-0.2, -0.15) is 0 Å². The van der Waals surface area contributed by atoms with E-state index in [9.17, 15) is 18.3 Å². The highest BCUT2D eigenvalue weighted by Crippen LogP contribution is 2.30. The Morgan fingerprint density at radius 2 is 1.71 bits per heavy atom. The molecule has 12 heteroatoms. The minimum atomic E-state index is -3.96. The van der Waals surface area contributed by atoms with Gasteiger partial charge in [0, 0.05) is 18.7 Å². The molecule has 34 heavy (non-hydrogen) atoms. The van der Waals surface area contributed by atoms with Crippen molar-refractivity contribution in [3.8, 4) is 11.1 Å². The van der Waals surface area contributed by atoms with Gasteiger partial charge in [0.2, 0.25) is 5.91 Å². The van der Waals surface area contributed by atoms with Crippen LogP contribution in [0.5, 0.6) is 0 Å². The third-order valence-electron chi connectivity index (χ3n) is 4.93. The van der Waals surface area contributed by atoms with Gasteiger partial charge in [0.1, 0.15) is 11.0 Å². The van der Waals surface area contributed by atoms with Gasteiger partial charge in [0.05, 0.1) is 16.2 Å². The number of hydrogen-bond acceptors (Lipinski definition) is 7. The van der Waals surface area contributed by atoms with Crippen molar-refractivity contribution in [3.63, 3.8) is 0 Å². The van der Waals surface area contributed by atoms with Crippen LogP contribution in [0, 0.1) is 0 Å². The second-order valence-corrected chi connectivity index (χ2v) is 10.2. The van der Waals surface area contributed by atoms with Gasteiger partial charge in [-0.15, -0.1) is 10.2 Å². The van der Waals surface area contributed by atoms with Crippen LogP contribution in [0.3, 0.4) is 0 Å². The fraction of sp³-hybridized carbons (Fsp3) is 0.182. The average Bonchev–Trinajstić information content (AvgIpc) is 3.15.